The Morgan fingerprint density at radius 2 is 1.85 bits per heavy atom. The van der Waals surface area contributed by atoms with Crippen LogP contribution in [0.25, 0.3) is 0 Å². The summed E-state index contributed by atoms with van der Waals surface area (Å²) in [5, 5.41) is 0. The topological polar surface area (TPSA) is 43.1 Å². The van der Waals surface area contributed by atoms with Crippen LogP contribution in [0.4, 0.5) is 17.6 Å². The molecule has 1 saturated carbocycles. The van der Waals surface area contributed by atoms with Crippen LogP contribution in [0.3, 0.4) is 0 Å². The van der Waals surface area contributed by atoms with Gasteiger partial charge in [-0.25, -0.2) is 4.39 Å². The van der Waals surface area contributed by atoms with Crippen molar-refractivity contribution in [3.05, 3.63) is 35.1 Å². The van der Waals surface area contributed by atoms with Gasteiger partial charge in [-0.2, -0.15) is 13.2 Å². The maximum Gasteiger partial charge on any atom is 0.419 e. The van der Waals surface area contributed by atoms with Crippen LogP contribution in [-0.2, 0) is 6.18 Å². The highest BCUT2D eigenvalue weighted by Crippen LogP contribution is 2.33. The molecule has 0 radical (unpaired) electrons. The molecule has 0 spiro atoms. The molecule has 20 heavy (non-hydrogen) atoms. The van der Waals surface area contributed by atoms with E-state index in [9.17, 15) is 22.4 Å². The largest absolute Gasteiger partial charge is 0.419 e. The highest BCUT2D eigenvalue weighted by molar-refractivity contribution is 5.98. The minimum atomic E-state index is -4.81. The standard InChI is InChI=1S/C14H15F4NO/c15-11-6-5-8(7-10(11)14(16,17)18)13(20)9-3-1-2-4-12(9)19/h5-7,9,12H,1-4,19H2. The molecule has 6 heteroatoms. The summed E-state index contributed by atoms with van der Waals surface area (Å²) in [6, 6.07) is 2.02. The zero-order chi connectivity index (χ0) is 14.9. The van der Waals surface area contributed by atoms with Crippen LogP contribution < -0.4 is 5.73 Å². The molecule has 1 aliphatic rings. The van der Waals surface area contributed by atoms with Gasteiger partial charge in [0.15, 0.2) is 5.78 Å². The van der Waals surface area contributed by atoms with Gasteiger partial charge in [0.1, 0.15) is 5.82 Å². The molecule has 0 aliphatic heterocycles. The minimum Gasteiger partial charge on any atom is -0.327 e. The van der Waals surface area contributed by atoms with Crippen molar-refractivity contribution in [2.24, 2.45) is 11.7 Å². The van der Waals surface area contributed by atoms with E-state index in [1.807, 2.05) is 0 Å². The highest BCUT2D eigenvalue weighted by Gasteiger charge is 2.36. The molecule has 1 fully saturated rings. The van der Waals surface area contributed by atoms with Gasteiger partial charge in [0, 0.05) is 17.5 Å². The molecule has 0 heterocycles. The van der Waals surface area contributed by atoms with Crippen LogP contribution in [0.2, 0.25) is 0 Å². The molecule has 2 unspecified atom stereocenters. The molecule has 0 saturated heterocycles. The Balaban J connectivity index is 2.31. The number of Topliss-reactive ketones (excluding diaryl/α,β-unsaturated/α-hetero) is 1. The second kappa shape index (κ2) is 5.52. The molecule has 2 nitrogen and oxygen atoms in total. The normalized spacial score (nSPS) is 23.6. The Bertz CT molecular complexity index is 512. The Hall–Kier alpha value is -1.43. The number of benzene rings is 1. The number of rotatable bonds is 2. The van der Waals surface area contributed by atoms with Gasteiger partial charge in [0.2, 0.25) is 0 Å². The number of carbonyl (C=O) groups is 1. The van der Waals surface area contributed by atoms with Gasteiger partial charge in [0.05, 0.1) is 5.56 Å². The summed E-state index contributed by atoms with van der Waals surface area (Å²) in [5.41, 5.74) is 4.32. The third kappa shape index (κ3) is 3.00. The highest BCUT2D eigenvalue weighted by atomic mass is 19.4. The first kappa shape index (κ1) is 15.0. The van der Waals surface area contributed by atoms with Crippen LogP contribution in [0.5, 0.6) is 0 Å². The summed E-state index contributed by atoms with van der Waals surface area (Å²) in [6.07, 6.45) is -1.81. The van der Waals surface area contributed by atoms with Crippen molar-refractivity contribution < 1.29 is 22.4 Å². The monoisotopic (exact) mass is 289 g/mol. The van der Waals surface area contributed by atoms with Crippen molar-refractivity contribution in [3.8, 4) is 0 Å². The number of alkyl halides is 3. The predicted octanol–water partition coefficient (Wildman–Crippen LogP) is 3.54. The summed E-state index contributed by atoms with van der Waals surface area (Å²) in [4.78, 5) is 12.2. The van der Waals surface area contributed by atoms with Gasteiger partial charge in [-0.05, 0) is 31.0 Å². The molecule has 2 rings (SSSR count). The molecule has 0 bridgehead atoms. The Morgan fingerprint density at radius 3 is 2.45 bits per heavy atom. The molecular weight excluding hydrogens is 274 g/mol. The predicted molar refractivity (Wildman–Crippen MR) is 65.7 cm³/mol. The number of hydrogen-bond acceptors (Lipinski definition) is 2. The van der Waals surface area contributed by atoms with Crippen LogP contribution >= 0.6 is 0 Å². The first-order valence-corrected chi connectivity index (χ1v) is 6.47. The quantitative estimate of drug-likeness (QED) is 0.668. The Morgan fingerprint density at radius 1 is 1.20 bits per heavy atom. The Labute approximate surface area is 114 Å². The lowest BCUT2D eigenvalue weighted by atomic mass is 9.80. The molecule has 110 valence electrons. The summed E-state index contributed by atoms with van der Waals surface area (Å²) >= 11 is 0. The minimum absolute atomic E-state index is 0.124. The van der Waals surface area contributed by atoms with Crippen LogP contribution in [0.1, 0.15) is 41.6 Å². The number of ketones is 1. The van der Waals surface area contributed by atoms with E-state index in [1.54, 1.807) is 0 Å². The van der Waals surface area contributed by atoms with E-state index >= 15 is 0 Å². The summed E-state index contributed by atoms with van der Waals surface area (Å²) in [5.74, 6) is -2.28. The van der Waals surface area contributed by atoms with Crippen molar-refractivity contribution in [2.75, 3.05) is 0 Å². The maximum atomic E-state index is 13.2. The maximum absolute atomic E-state index is 13.2. The van der Waals surface area contributed by atoms with E-state index in [0.29, 0.717) is 25.0 Å². The van der Waals surface area contributed by atoms with Crippen LogP contribution in [0.15, 0.2) is 18.2 Å². The van der Waals surface area contributed by atoms with Gasteiger partial charge < -0.3 is 5.73 Å². The van der Waals surface area contributed by atoms with Crippen molar-refractivity contribution >= 4 is 5.78 Å². The van der Waals surface area contributed by atoms with E-state index in [-0.39, 0.29) is 11.6 Å². The van der Waals surface area contributed by atoms with Gasteiger partial charge in [-0.1, -0.05) is 12.8 Å². The summed E-state index contributed by atoms with van der Waals surface area (Å²) < 4.78 is 51.1. The van der Waals surface area contributed by atoms with Crippen molar-refractivity contribution in [2.45, 2.75) is 37.9 Å². The van der Waals surface area contributed by atoms with E-state index < -0.39 is 29.3 Å². The second-order valence-electron chi connectivity index (χ2n) is 5.11. The molecule has 1 aromatic rings. The third-order valence-corrected chi connectivity index (χ3v) is 3.71. The molecule has 2 N–H and O–H groups in total. The first-order valence-electron chi connectivity index (χ1n) is 6.47. The summed E-state index contributed by atoms with van der Waals surface area (Å²) in [7, 11) is 0. The molecule has 1 aromatic carbocycles. The fourth-order valence-corrected chi connectivity index (χ4v) is 2.59. The average molecular weight is 289 g/mol. The van der Waals surface area contributed by atoms with E-state index in [4.69, 9.17) is 5.73 Å². The van der Waals surface area contributed by atoms with Gasteiger partial charge in [-0.15, -0.1) is 0 Å². The zero-order valence-corrected chi connectivity index (χ0v) is 10.7. The SMILES string of the molecule is NC1CCCCC1C(=O)c1ccc(F)c(C(F)(F)F)c1. The van der Waals surface area contributed by atoms with Gasteiger partial charge in [0.25, 0.3) is 0 Å². The molecule has 0 aromatic heterocycles. The fourth-order valence-electron chi connectivity index (χ4n) is 2.59. The van der Waals surface area contributed by atoms with E-state index in [0.717, 1.165) is 18.9 Å². The lowest BCUT2D eigenvalue weighted by molar-refractivity contribution is -0.140. The van der Waals surface area contributed by atoms with Gasteiger partial charge in [-0.3, -0.25) is 4.79 Å². The molecule has 2 atom stereocenters. The van der Waals surface area contributed by atoms with Crippen molar-refractivity contribution in [3.63, 3.8) is 0 Å². The molecule has 0 amide bonds. The number of nitrogens with two attached hydrogens (primary N) is 1. The fraction of sp³-hybridized carbons (Fsp3) is 0.500. The molecule has 1 aliphatic carbocycles. The first-order chi connectivity index (χ1) is 9.30. The van der Waals surface area contributed by atoms with Crippen LogP contribution in [0, 0.1) is 11.7 Å². The molecular formula is C14H15F4NO. The third-order valence-electron chi connectivity index (χ3n) is 3.71. The zero-order valence-electron chi connectivity index (χ0n) is 10.7. The van der Waals surface area contributed by atoms with Crippen LogP contribution in [-0.4, -0.2) is 11.8 Å². The number of hydrogen-bond donors (Lipinski definition) is 1. The lowest BCUT2D eigenvalue weighted by Crippen LogP contribution is -2.38. The Kier molecular flexibility index (Phi) is 4.13. The lowest BCUT2D eigenvalue weighted by Gasteiger charge is -2.27. The number of carbonyl (C=O) groups excluding carboxylic acids is 1. The second-order valence-corrected chi connectivity index (χ2v) is 5.11. The smallest absolute Gasteiger partial charge is 0.327 e. The van der Waals surface area contributed by atoms with Gasteiger partial charge >= 0.3 is 6.18 Å². The van der Waals surface area contributed by atoms with Crippen molar-refractivity contribution in [1.29, 1.82) is 0 Å². The van der Waals surface area contributed by atoms with E-state index in [2.05, 4.69) is 0 Å². The average Bonchev–Trinajstić information content (AvgIpc) is 2.37. The summed E-state index contributed by atoms with van der Waals surface area (Å²) in [6.45, 7) is 0. The van der Waals surface area contributed by atoms with Crippen molar-refractivity contribution in [1.82, 2.24) is 0 Å². The van der Waals surface area contributed by atoms with E-state index in [1.165, 1.54) is 0 Å². The number of halogens is 4.